The van der Waals surface area contributed by atoms with Crippen LogP contribution in [0.15, 0.2) is 29.5 Å². The first-order chi connectivity index (χ1) is 12.3. The number of fused-ring (bicyclic) bond motifs is 1. The lowest BCUT2D eigenvalue weighted by Crippen LogP contribution is -2.12. The van der Waals surface area contributed by atoms with Gasteiger partial charge in [-0.2, -0.15) is 5.10 Å². The predicted octanol–water partition coefficient (Wildman–Crippen LogP) is 1.72. The molecule has 4 heterocycles. The molecule has 0 bridgehead atoms. The van der Waals surface area contributed by atoms with Gasteiger partial charge in [0, 0.05) is 18.8 Å². The van der Waals surface area contributed by atoms with Crippen molar-refractivity contribution in [1.29, 1.82) is 0 Å². The van der Waals surface area contributed by atoms with Crippen molar-refractivity contribution in [3.8, 4) is 0 Å². The van der Waals surface area contributed by atoms with E-state index in [9.17, 15) is 4.79 Å². The van der Waals surface area contributed by atoms with Crippen molar-refractivity contribution in [2.45, 2.75) is 25.7 Å². The van der Waals surface area contributed by atoms with E-state index in [1.807, 2.05) is 6.07 Å². The number of anilines is 2. The molecule has 1 unspecified atom stereocenters. The van der Waals surface area contributed by atoms with Crippen LogP contribution in [0.5, 0.6) is 0 Å². The van der Waals surface area contributed by atoms with Crippen molar-refractivity contribution in [1.82, 2.24) is 30.5 Å². The Kier molecular flexibility index (Phi) is 4.43. The Bertz CT molecular complexity index is 897. The first-order valence-corrected chi connectivity index (χ1v) is 8.64. The number of aromatic amines is 2. The minimum atomic E-state index is -0.202. The third-order valence-corrected chi connectivity index (χ3v) is 4.60. The number of aromatic nitrogens is 5. The molecule has 3 aromatic heterocycles. The molecule has 8 nitrogen and oxygen atoms in total. The Morgan fingerprint density at radius 2 is 2.28 bits per heavy atom. The van der Waals surface area contributed by atoms with Gasteiger partial charge in [0.25, 0.3) is 5.56 Å². The molecular weight excluding hydrogens is 318 g/mol. The Morgan fingerprint density at radius 1 is 1.32 bits per heavy atom. The van der Waals surface area contributed by atoms with Crippen molar-refractivity contribution in [3.05, 3.63) is 40.8 Å². The Morgan fingerprint density at radius 3 is 3.08 bits per heavy atom. The minimum absolute atomic E-state index is 0.202. The molecule has 0 radical (unpaired) electrons. The largest absolute Gasteiger partial charge is 0.337 e. The van der Waals surface area contributed by atoms with Gasteiger partial charge in [-0.05, 0) is 44.3 Å². The summed E-state index contributed by atoms with van der Waals surface area (Å²) in [7, 11) is 0. The molecule has 0 amide bonds. The van der Waals surface area contributed by atoms with Gasteiger partial charge in [0.2, 0.25) is 0 Å². The highest BCUT2D eigenvalue weighted by Gasteiger charge is 2.15. The van der Waals surface area contributed by atoms with Gasteiger partial charge in [-0.25, -0.2) is 9.97 Å². The second-order valence-electron chi connectivity index (χ2n) is 6.42. The van der Waals surface area contributed by atoms with E-state index in [2.05, 4.69) is 35.8 Å². The molecule has 0 aliphatic carbocycles. The SMILES string of the molecule is O=c1[nH]ccc2nc(CCCC3CCNC3)nc(Nc3cn[nH]c3)c12. The Labute approximate surface area is 144 Å². The van der Waals surface area contributed by atoms with Gasteiger partial charge in [-0.15, -0.1) is 0 Å². The first kappa shape index (κ1) is 15.8. The van der Waals surface area contributed by atoms with Crippen LogP contribution in [0, 0.1) is 5.92 Å². The van der Waals surface area contributed by atoms with E-state index in [-0.39, 0.29) is 5.56 Å². The molecule has 3 aromatic rings. The van der Waals surface area contributed by atoms with E-state index in [1.165, 1.54) is 12.8 Å². The number of hydrogen-bond acceptors (Lipinski definition) is 6. The fourth-order valence-electron chi connectivity index (χ4n) is 3.31. The molecule has 1 aliphatic heterocycles. The fraction of sp³-hybridized carbons (Fsp3) is 0.412. The molecule has 1 aliphatic rings. The van der Waals surface area contributed by atoms with Crippen LogP contribution >= 0.6 is 0 Å². The summed E-state index contributed by atoms with van der Waals surface area (Å²) >= 11 is 0. The zero-order valence-electron chi connectivity index (χ0n) is 13.9. The Hall–Kier alpha value is -2.74. The van der Waals surface area contributed by atoms with Crippen LogP contribution in [0.1, 0.15) is 25.1 Å². The van der Waals surface area contributed by atoms with Crippen LogP contribution in [0.3, 0.4) is 0 Å². The predicted molar refractivity (Wildman–Crippen MR) is 95.9 cm³/mol. The van der Waals surface area contributed by atoms with E-state index in [0.29, 0.717) is 16.7 Å². The van der Waals surface area contributed by atoms with Crippen molar-refractivity contribution in [2.24, 2.45) is 5.92 Å². The van der Waals surface area contributed by atoms with Crippen molar-refractivity contribution < 1.29 is 0 Å². The monoisotopic (exact) mass is 339 g/mol. The van der Waals surface area contributed by atoms with Crippen LogP contribution in [-0.4, -0.2) is 38.2 Å². The third kappa shape index (κ3) is 3.53. The molecule has 0 spiro atoms. The average Bonchev–Trinajstić information content (AvgIpc) is 3.29. The molecular formula is C17H21N7O. The van der Waals surface area contributed by atoms with Gasteiger partial charge in [0.15, 0.2) is 0 Å². The summed E-state index contributed by atoms with van der Waals surface area (Å²) in [5.41, 5.74) is 1.21. The number of H-pyrrole nitrogens is 2. The van der Waals surface area contributed by atoms with E-state index in [0.717, 1.165) is 43.4 Å². The summed E-state index contributed by atoms with van der Waals surface area (Å²) in [4.78, 5) is 24.1. The number of nitrogens with zero attached hydrogens (tertiary/aromatic N) is 3. The second-order valence-corrected chi connectivity index (χ2v) is 6.42. The van der Waals surface area contributed by atoms with Crippen molar-refractivity contribution in [2.75, 3.05) is 18.4 Å². The number of aryl methyl sites for hydroxylation is 1. The lowest BCUT2D eigenvalue weighted by Gasteiger charge is -2.10. The summed E-state index contributed by atoms with van der Waals surface area (Å²) in [6.07, 6.45) is 9.27. The first-order valence-electron chi connectivity index (χ1n) is 8.64. The summed E-state index contributed by atoms with van der Waals surface area (Å²) in [6, 6.07) is 1.81. The van der Waals surface area contributed by atoms with Crippen LogP contribution in [-0.2, 0) is 6.42 Å². The van der Waals surface area contributed by atoms with E-state index in [1.54, 1.807) is 18.6 Å². The maximum absolute atomic E-state index is 12.2. The highest BCUT2D eigenvalue weighted by Crippen LogP contribution is 2.21. The van der Waals surface area contributed by atoms with Gasteiger partial charge in [-0.3, -0.25) is 9.89 Å². The van der Waals surface area contributed by atoms with Crippen LogP contribution < -0.4 is 16.2 Å². The molecule has 1 atom stereocenters. The maximum Gasteiger partial charge on any atom is 0.261 e. The number of hydrogen-bond donors (Lipinski definition) is 4. The summed E-state index contributed by atoms with van der Waals surface area (Å²) in [6.45, 7) is 2.24. The molecule has 0 saturated carbocycles. The van der Waals surface area contributed by atoms with Gasteiger partial charge in [0.1, 0.15) is 17.0 Å². The molecule has 4 rings (SSSR count). The van der Waals surface area contributed by atoms with Crippen molar-refractivity contribution >= 4 is 22.4 Å². The lowest BCUT2D eigenvalue weighted by atomic mass is 10.0. The van der Waals surface area contributed by atoms with Crippen LogP contribution in [0.25, 0.3) is 10.9 Å². The zero-order chi connectivity index (χ0) is 17.1. The average molecular weight is 339 g/mol. The maximum atomic E-state index is 12.2. The number of pyridine rings is 1. The lowest BCUT2D eigenvalue weighted by molar-refractivity contribution is 0.506. The van der Waals surface area contributed by atoms with Crippen molar-refractivity contribution in [3.63, 3.8) is 0 Å². The summed E-state index contributed by atoms with van der Waals surface area (Å²) in [5, 5.41) is 13.7. The summed E-state index contributed by atoms with van der Waals surface area (Å²) in [5.74, 6) is 2.03. The quantitative estimate of drug-likeness (QED) is 0.544. The third-order valence-electron chi connectivity index (χ3n) is 4.60. The number of nitrogens with one attached hydrogen (secondary N) is 4. The number of rotatable bonds is 6. The van der Waals surface area contributed by atoms with Gasteiger partial charge < -0.3 is 15.6 Å². The van der Waals surface area contributed by atoms with E-state index >= 15 is 0 Å². The van der Waals surface area contributed by atoms with Gasteiger partial charge >= 0.3 is 0 Å². The second kappa shape index (κ2) is 7.02. The standard InChI is InChI=1S/C17H21N7O/c25-17-15-13(5-7-19-17)23-14(3-1-2-11-4-6-18-8-11)24-16(15)22-12-9-20-21-10-12/h5,7,9-11,18H,1-4,6,8H2,(H,19,25)(H,20,21)(H,22,23,24). The topological polar surface area (TPSA) is 111 Å². The minimum Gasteiger partial charge on any atom is -0.337 e. The molecule has 4 N–H and O–H groups in total. The molecule has 1 saturated heterocycles. The Balaban J connectivity index is 1.60. The highest BCUT2D eigenvalue weighted by molar-refractivity contribution is 5.89. The van der Waals surface area contributed by atoms with E-state index < -0.39 is 0 Å². The van der Waals surface area contributed by atoms with Crippen LogP contribution in [0.4, 0.5) is 11.5 Å². The fourth-order valence-corrected chi connectivity index (χ4v) is 3.31. The zero-order valence-corrected chi connectivity index (χ0v) is 13.9. The van der Waals surface area contributed by atoms with Gasteiger partial charge in [0.05, 0.1) is 17.4 Å². The van der Waals surface area contributed by atoms with Gasteiger partial charge in [-0.1, -0.05) is 0 Å². The normalized spacial score (nSPS) is 17.2. The van der Waals surface area contributed by atoms with E-state index in [4.69, 9.17) is 0 Å². The molecule has 8 heteroatoms. The smallest absolute Gasteiger partial charge is 0.261 e. The summed E-state index contributed by atoms with van der Waals surface area (Å²) < 4.78 is 0. The highest BCUT2D eigenvalue weighted by atomic mass is 16.1. The molecule has 0 aromatic carbocycles. The molecule has 130 valence electrons. The molecule has 25 heavy (non-hydrogen) atoms. The van der Waals surface area contributed by atoms with Crippen LogP contribution in [0.2, 0.25) is 0 Å². The molecule has 1 fully saturated rings.